The maximum atomic E-state index is 11.4. The van der Waals surface area contributed by atoms with Crippen molar-refractivity contribution in [1.29, 1.82) is 0 Å². The number of ether oxygens (including phenoxy) is 1. The van der Waals surface area contributed by atoms with E-state index in [2.05, 4.69) is 5.73 Å². The third kappa shape index (κ3) is 3.41. The van der Waals surface area contributed by atoms with Crippen LogP contribution >= 0.6 is 0 Å². The molecule has 0 saturated carbocycles. The Morgan fingerprint density at radius 2 is 1.88 bits per heavy atom. The number of benzene rings is 1. The van der Waals surface area contributed by atoms with Crippen LogP contribution in [0, 0.1) is 0 Å². The molecule has 0 fully saturated rings. The third-order valence-corrected chi connectivity index (χ3v) is 2.16. The van der Waals surface area contributed by atoms with E-state index in [9.17, 15) is 4.79 Å². The zero-order valence-corrected chi connectivity index (χ0v) is 9.91. The molecule has 2 heteroatoms. The maximum Gasteiger partial charge on any atom is 0.341 e. The summed E-state index contributed by atoms with van der Waals surface area (Å²) in [5.41, 5.74) is 5.54. The lowest BCUT2D eigenvalue weighted by molar-refractivity contribution is -0.138. The van der Waals surface area contributed by atoms with Crippen molar-refractivity contribution in [1.82, 2.24) is 0 Å². The molecule has 0 aliphatic rings. The first-order valence-corrected chi connectivity index (χ1v) is 5.31. The zero-order valence-electron chi connectivity index (χ0n) is 9.91. The highest BCUT2D eigenvalue weighted by Gasteiger charge is 2.03. The summed E-state index contributed by atoms with van der Waals surface area (Å²) < 4.78 is 4.89. The molecule has 0 N–H and O–H groups in total. The van der Waals surface area contributed by atoms with Gasteiger partial charge in [-0.05, 0) is 31.9 Å². The summed E-state index contributed by atoms with van der Waals surface area (Å²) in [6.45, 7) is 5.82. The van der Waals surface area contributed by atoms with Crippen molar-refractivity contribution >= 4 is 11.5 Å². The van der Waals surface area contributed by atoms with Crippen molar-refractivity contribution in [3.05, 3.63) is 47.2 Å². The first-order valence-electron chi connectivity index (χ1n) is 5.31. The lowest BCUT2D eigenvalue weighted by Crippen LogP contribution is -2.04. The number of carbonyl (C=O) groups is 1. The molecule has 0 saturated heterocycles. The van der Waals surface area contributed by atoms with Crippen LogP contribution in [-0.4, -0.2) is 12.6 Å². The average molecular weight is 216 g/mol. The second-order valence-corrected chi connectivity index (χ2v) is 3.46. The number of carbonyl (C=O) groups excluding carboxylic acids is 1. The minimum Gasteiger partial charge on any atom is -0.462 e. The van der Waals surface area contributed by atoms with Crippen molar-refractivity contribution in [2.24, 2.45) is 0 Å². The molecule has 1 aromatic rings. The Labute approximate surface area is 96.2 Å². The first-order chi connectivity index (χ1) is 7.65. The van der Waals surface area contributed by atoms with Gasteiger partial charge < -0.3 is 4.74 Å². The highest BCUT2D eigenvalue weighted by molar-refractivity contribution is 5.88. The number of hydrogen-bond donors (Lipinski definition) is 0. The molecule has 0 unspecified atom stereocenters. The van der Waals surface area contributed by atoms with Gasteiger partial charge in [-0.25, -0.2) is 4.79 Å². The molecule has 1 aromatic carbocycles. The average Bonchev–Trinajstić information content (AvgIpc) is 2.30. The van der Waals surface area contributed by atoms with Gasteiger partial charge in [-0.1, -0.05) is 30.3 Å². The van der Waals surface area contributed by atoms with Gasteiger partial charge in [0, 0.05) is 0 Å². The molecule has 0 aromatic heterocycles. The predicted octanol–water partition coefficient (Wildman–Crippen LogP) is 3.20. The Hall–Kier alpha value is -1.79. The Kier molecular flexibility index (Phi) is 4.56. The molecule has 2 nitrogen and oxygen atoms in total. The van der Waals surface area contributed by atoms with Crippen LogP contribution in [0.2, 0.25) is 0 Å². The molecule has 84 valence electrons. The van der Waals surface area contributed by atoms with Gasteiger partial charge in [0.2, 0.25) is 0 Å². The van der Waals surface area contributed by atoms with Crippen LogP contribution in [0.4, 0.5) is 0 Å². The van der Waals surface area contributed by atoms with E-state index in [0.29, 0.717) is 12.2 Å². The summed E-state index contributed by atoms with van der Waals surface area (Å²) in [6, 6.07) is 9.85. The summed E-state index contributed by atoms with van der Waals surface area (Å²) in [5, 5.41) is 0. The van der Waals surface area contributed by atoms with Crippen molar-refractivity contribution in [2.75, 3.05) is 6.61 Å². The van der Waals surface area contributed by atoms with Gasteiger partial charge in [0.25, 0.3) is 0 Å². The van der Waals surface area contributed by atoms with E-state index < -0.39 is 0 Å². The fourth-order valence-corrected chi connectivity index (χ4v) is 1.33. The maximum absolute atomic E-state index is 11.4. The summed E-state index contributed by atoms with van der Waals surface area (Å²) in [5.74, 6) is -0.308. The molecule has 0 amide bonds. The Morgan fingerprint density at radius 3 is 2.44 bits per heavy atom. The summed E-state index contributed by atoms with van der Waals surface area (Å²) >= 11 is 0. The molecular weight excluding hydrogens is 200 g/mol. The van der Waals surface area contributed by atoms with Crippen LogP contribution in [0.25, 0.3) is 5.57 Å². The zero-order chi connectivity index (χ0) is 12.0. The summed E-state index contributed by atoms with van der Waals surface area (Å²) in [7, 11) is 0. The van der Waals surface area contributed by atoms with E-state index >= 15 is 0 Å². The SMILES string of the molecule is CCOC(=O)C(C)=C=C(C)c1ccccc1. The lowest BCUT2D eigenvalue weighted by atomic mass is 10.1. The quantitative estimate of drug-likeness (QED) is 0.440. The lowest BCUT2D eigenvalue weighted by Gasteiger charge is -2.00. The van der Waals surface area contributed by atoms with Gasteiger partial charge in [0.1, 0.15) is 0 Å². The monoisotopic (exact) mass is 216 g/mol. The van der Waals surface area contributed by atoms with Crippen LogP contribution in [0.5, 0.6) is 0 Å². The Bertz CT molecular complexity index is 423. The fourth-order valence-electron chi connectivity index (χ4n) is 1.33. The second-order valence-electron chi connectivity index (χ2n) is 3.46. The van der Waals surface area contributed by atoms with E-state index in [0.717, 1.165) is 11.1 Å². The minimum atomic E-state index is -0.308. The molecule has 0 bridgehead atoms. The molecule has 1 rings (SSSR count). The van der Waals surface area contributed by atoms with Gasteiger partial charge in [-0.15, -0.1) is 5.73 Å². The molecule has 0 aliphatic heterocycles. The Balaban J connectivity index is 2.99. The van der Waals surface area contributed by atoms with Crippen molar-refractivity contribution < 1.29 is 9.53 Å². The third-order valence-electron chi connectivity index (χ3n) is 2.16. The van der Waals surface area contributed by atoms with Gasteiger partial charge in [-0.2, -0.15) is 0 Å². The number of rotatable bonds is 3. The van der Waals surface area contributed by atoms with Crippen molar-refractivity contribution in [2.45, 2.75) is 20.8 Å². The van der Waals surface area contributed by atoms with E-state index in [1.165, 1.54) is 0 Å². The molecular formula is C14H16O2. The summed E-state index contributed by atoms with van der Waals surface area (Å²) in [6.07, 6.45) is 0. The number of hydrogen-bond acceptors (Lipinski definition) is 2. The molecule has 0 radical (unpaired) electrons. The molecule has 0 aliphatic carbocycles. The van der Waals surface area contributed by atoms with E-state index in [1.54, 1.807) is 13.8 Å². The van der Waals surface area contributed by atoms with Crippen LogP contribution in [0.1, 0.15) is 26.3 Å². The van der Waals surface area contributed by atoms with Crippen LogP contribution in [0.3, 0.4) is 0 Å². The van der Waals surface area contributed by atoms with Gasteiger partial charge in [0.15, 0.2) is 0 Å². The largest absolute Gasteiger partial charge is 0.462 e. The predicted molar refractivity (Wildman–Crippen MR) is 64.9 cm³/mol. The van der Waals surface area contributed by atoms with E-state index in [1.807, 2.05) is 37.3 Å². The topological polar surface area (TPSA) is 26.3 Å². The number of esters is 1. The standard InChI is InChI=1S/C14H16O2/c1-4-16-14(15)12(3)10-11(2)13-8-6-5-7-9-13/h5-9H,4H2,1-3H3. The molecule has 0 atom stereocenters. The highest BCUT2D eigenvalue weighted by Crippen LogP contribution is 2.12. The minimum absolute atomic E-state index is 0.308. The van der Waals surface area contributed by atoms with Crippen LogP contribution in [-0.2, 0) is 9.53 Å². The summed E-state index contributed by atoms with van der Waals surface area (Å²) in [4.78, 5) is 11.4. The molecule has 0 spiro atoms. The normalized spacial score (nSPS) is 9.19. The first kappa shape index (κ1) is 12.3. The van der Waals surface area contributed by atoms with Crippen LogP contribution in [0.15, 0.2) is 41.6 Å². The van der Waals surface area contributed by atoms with Crippen molar-refractivity contribution in [3.8, 4) is 0 Å². The van der Waals surface area contributed by atoms with Gasteiger partial charge in [0.05, 0.1) is 12.2 Å². The van der Waals surface area contributed by atoms with Gasteiger partial charge >= 0.3 is 5.97 Å². The van der Waals surface area contributed by atoms with E-state index in [-0.39, 0.29) is 5.97 Å². The Morgan fingerprint density at radius 1 is 1.25 bits per heavy atom. The second kappa shape index (κ2) is 5.94. The fraction of sp³-hybridized carbons (Fsp3) is 0.286. The smallest absolute Gasteiger partial charge is 0.341 e. The van der Waals surface area contributed by atoms with E-state index in [4.69, 9.17) is 4.74 Å². The molecule has 0 heterocycles. The van der Waals surface area contributed by atoms with Crippen molar-refractivity contribution in [3.63, 3.8) is 0 Å². The molecule has 16 heavy (non-hydrogen) atoms. The van der Waals surface area contributed by atoms with Gasteiger partial charge in [-0.3, -0.25) is 0 Å². The van der Waals surface area contributed by atoms with Crippen LogP contribution < -0.4 is 0 Å². The highest BCUT2D eigenvalue weighted by atomic mass is 16.5.